The van der Waals surface area contributed by atoms with E-state index in [1.807, 2.05) is 13.8 Å². The number of aromatic nitrogens is 3. The molecule has 1 saturated heterocycles. The normalized spacial score (nSPS) is 21.7. The van der Waals surface area contributed by atoms with Crippen molar-refractivity contribution in [1.29, 1.82) is 0 Å². The molecule has 9 nitrogen and oxygen atoms in total. The molecule has 0 radical (unpaired) electrons. The third kappa shape index (κ3) is 3.56. The molecule has 0 aromatic carbocycles. The third-order valence-corrected chi connectivity index (χ3v) is 6.52. The van der Waals surface area contributed by atoms with Gasteiger partial charge in [0.2, 0.25) is 5.82 Å². The van der Waals surface area contributed by atoms with E-state index in [4.69, 9.17) is 4.74 Å². The van der Waals surface area contributed by atoms with Gasteiger partial charge in [-0.15, -0.1) is 0 Å². The first kappa shape index (κ1) is 20.0. The summed E-state index contributed by atoms with van der Waals surface area (Å²) in [7, 11) is 0. The summed E-state index contributed by atoms with van der Waals surface area (Å²) < 4.78 is 6.31. The highest BCUT2D eigenvalue weighted by Crippen LogP contribution is 2.42. The number of rotatable bonds is 4. The second-order valence-corrected chi connectivity index (χ2v) is 8.84. The molecule has 3 aliphatic rings. The van der Waals surface area contributed by atoms with E-state index in [0.717, 1.165) is 55.4 Å². The number of hydrogen-bond acceptors (Lipinski definition) is 7. The van der Waals surface area contributed by atoms with E-state index in [1.165, 1.54) is 0 Å². The molecule has 1 spiro atoms. The number of nitrogens with zero attached hydrogens (tertiary/aromatic N) is 3. The maximum absolute atomic E-state index is 13.5. The first-order chi connectivity index (χ1) is 14.9. The smallest absolute Gasteiger partial charge is 0.284 e. The number of fused-ring (bicyclic) bond motifs is 2. The van der Waals surface area contributed by atoms with Gasteiger partial charge in [0, 0.05) is 18.7 Å². The molecule has 9 heteroatoms. The Morgan fingerprint density at radius 3 is 2.71 bits per heavy atom. The number of carbonyl (C=O) groups is 1. The quantitative estimate of drug-likeness (QED) is 0.510. The number of amides is 1. The molecule has 1 amide bonds. The molecule has 31 heavy (non-hydrogen) atoms. The van der Waals surface area contributed by atoms with Gasteiger partial charge in [0.15, 0.2) is 0 Å². The van der Waals surface area contributed by atoms with Crippen molar-refractivity contribution in [2.24, 2.45) is 0 Å². The summed E-state index contributed by atoms with van der Waals surface area (Å²) in [4.78, 5) is 21.6. The van der Waals surface area contributed by atoms with Crippen LogP contribution >= 0.6 is 0 Å². The monoisotopic (exact) mass is 424 g/mol. The minimum atomic E-state index is -0.564. The molecule has 0 bridgehead atoms. The summed E-state index contributed by atoms with van der Waals surface area (Å²) in [6.07, 6.45) is 5.65. The van der Waals surface area contributed by atoms with Gasteiger partial charge < -0.3 is 20.6 Å². The third-order valence-electron chi connectivity index (χ3n) is 6.52. The SMILES string of the molecule is Cc1nc(Nc2cc(C)c3c([n+]2[O-])C2(CCCCC2)NC3=O)cc(N[C@H]2CCOC2)n1. The molecule has 5 rings (SSSR count). The van der Waals surface area contributed by atoms with Crippen LogP contribution in [0.15, 0.2) is 12.1 Å². The zero-order valence-electron chi connectivity index (χ0n) is 18.0. The summed E-state index contributed by atoms with van der Waals surface area (Å²) in [5, 5.41) is 23.1. The van der Waals surface area contributed by atoms with Crippen LogP contribution in [0.2, 0.25) is 0 Å². The van der Waals surface area contributed by atoms with E-state index >= 15 is 0 Å². The second-order valence-electron chi connectivity index (χ2n) is 8.84. The van der Waals surface area contributed by atoms with Gasteiger partial charge in [-0.05, 0) is 38.7 Å². The van der Waals surface area contributed by atoms with Gasteiger partial charge in [0.1, 0.15) is 22.9 Å². The standard InChI is InChI=1S/C22H28N6O3/c1-13-10-18(26-17-11-16(23-14(2)24-17)25-15-6-9-31-12-15)28(30)20-19(13)21(29)27-22(20)7-4-3-5-8-22/h10-11,15H,3-9,12H2,1-2H3,(H,27,29)(H2,23,24,25,26)/t15-/m0/s1. The van der Waals surface area contributed by atoms with Crippen molar-refractivity contribution in [1.82, 2.24) is 15.3 Å². The van der Waals surface area contributed by atoms with Crippen LogP contribution in [-0.2, 0) is 10.3 Å². The van der Waals surface area contributed by atoms with E-state index in [-0.39, 0.29) is 11.9 Å². The van der Waals surface area contributed by atoms with Gasteiger partial charge in [0.25, 0.3) is 11.7 Å². The summed E-state index contributed by atoms with van der Waals surface area (Å²) in [5.74, 6) is 2.05. The van der Waals surface area contributed by atoms with Gasteiger partial charge in [0.05, 0.1) is 18.2 Å². The number of nitrogens with one attached hydrogen (secondary N) is 3. The van der Waals surface area contributed by atoms with Crippen LogP contribution in [0.1, 0.15) is 66.0 Å². The fourth-order valence-corrected chi connectivity index (χ4v) is 5.10. The van der Waals surface area contributed by atoms with Crippen molar-refractivity contribution in [3.05, 3.63) is 40.0 Å². The van der Waals surface area contributed by atoms with Crippen LogP contribution in [-0.4, -0.2) is 35.1 Å². The molecule has 0 unspecified atom stereocenters. The Balaban J connectivity index is 1.49. The van der Waals surface area contributed by atoms with Gasteiger partial charge in [-0.25, -0.2) is 15.0 Å². The largest absolute Gasteiger partial charge is 0.710 e. The topological polar surface area (TPSA) is 115 Å². The average Bonchev–Trinajstić information content (AvgIpc) is 3.32. The first-order valence-corrected chi connectivity index (χ1v) is 11.0. The van der Waals surface area contributed by atoms with Gasteiger partial charge >= 0.3 is 0 Å². The van der Waals surface area contributed by atoms with E-state index in [2.05, 4.69) is 25.9 Å². The maximum atomic E-state index is 13.5. The average molecular weight is 425 g/mol. The summed E-state index contributed by atoms with van der Waals surface area (Å²) in [5.41, 5.74) is 1.29. The fraction of sp³-hybridized carbons (Fsp3) is 0.545. The maximum Gasteiger partial charge on any atom is 0.284 e. The van der Waals surface area contributed by atoms with Crippen LogP contribution in [0.5, 0.6) is 0 Å². The van der Waals surface area contributed by atoms with Crippen molar-refractivity contribution in [3.63, 3.8) is 0 Å². The van der Waals surface area contributed by atoms with Crippen LogP contribution in [0.25, 0.3) is 0 Å². The van der Waals surface area contributed by atoms with E-state index in [9.17, 15) is 10.0 Å². The van der Waals surface area contributed by atoms with Crippen molar-refractivity contribution >= 4 is 23.4 Å². The number of pyridine rings is 1. The molecular formula is C22H28N6O3. The fourth-order valence-electron chi connectivity index (χ4n) is 5.10. The zero-order valence-corrected chi connectivity index (χ0v) is 18.0. The Kier molecular flexibility index (Phi) is 4.92. The number of carbonyl (C=O) groups excluding carboxylic acids is 1. The lowest BCUT2D eigenvalue weighted by atomic mass is 9.79. The van der Waals surface area contributed by atoms with Crippen molar-refractivity contribution in [3.8, 4) is 0 Å². The molecule has 2 aromatic heterocycles. The second kappa shape index (κ2) is 7.64. The molecule has 1 saturated carbocycles. The Morgan fingerprint density at radius 2 is 1.97 bits per heavy atom. The van der Waals surface area contributed by atoms with E-state index in [0.29, 0.717) is 41.1 Å². The predicted molar refractivity (Wildman–Crippen MR) is 115 cm³/mol. The minimum absolute atomic E-state index is 0.145. The summed E-state index contributed by atoms with van der Waals surface area (Å²) in [6.45, 7) is 5.09. The van der Waals surface area contributed by atoms with Crippen LogP contribution in [0.4, 0.5) is 17.5 Å². The lowest BCUT2D eigenvalue weighted by Crippen LogP contribution is -2.49. The highest BCUT2D eigenvalue weighted by atomic mass is 16.5. The number of hydrogen-bond donors (Lipinski definition) is 3. The lowest BCUT2D eigenvalue weighted by Gasteiger charge is -2.34. The minimum Gasteiger partial charge on any atom is -0.710 e. The molecule has 2 aromatic rings. The number of ether oxygens (including phenoxy) is 1. The van der Waals surface area contributed by atoms with Crippen LogP contribution < -0.4 is 20.7 Å². The Morgan fingerprint density at radius 1 is 1.19 bits per heavy atom. The molecule has 2 aliphatic heterocycles. The molecule has 3 N–H and O–H groups in total. The van der Waals surface area contributed by atoms with Crippen LogP contribution in [0.3, 0.4) is 0 Å². The molecule has 164 valence electrons. The molecule has 1 aliphatic carbocycles. The van der Waals surface area contributed by atoms with Gasteiger partial charge in [-0.1, -0.05) is 19.3 Å². The van der Waals surface area contributed by atoms with Crippen molar-refractivity contribution in [2.45, 2.75) is 64.0 Å². The Hall–Kier alpha value is -2.94. The summed E-state index contributed by atoms with van der Waals surface area (Å²) >= 11 is 0. The van der Waals surface area contributed by atoms with E-state index in [1.54, 1.807) is 12.1 Å². The van der Waals surface area contributed by atoms with Crippen LogP contribution in [0, 0.1) is 19.1 Å². The molecule has 1 atom stereocenters. The molecule has 4 heterocycles. The highest BCUT2D eigenvalue weighted by molar-refractivity contribution is 6.00. The zero-order chi connectivity index (χ0) is 21.6. The van der Waals surface area contributed by atoms with E-state index < -0.39 is 5.54 Å². The number of anilines is 3. The van der Waals surface area contributed by atoms with Gasteiger partial charge in [-0.2, -0.15) is 4.98 Å². The van der Waals surface area contributed by atoms with Crippen molar-refractivity contribution in [2.75, 3.05) is 23.8 Å². The molecule has 2 fully saturated rings. The van der Waals surface area contributed by atoms with Gasteiger partial charge in [-0.3, -0.25) is 4.79 Å². The lowest BCUT2D eigenvalue weighted by molar-refractivity contribution is -0.603. The highest BCUT2D eigenvalue weighted by Gasteiger charge is 2.48. The first-order valence-electron chi connectivity index (χ1n) is 11.0. The molecular weight excluding hydrogens is 396 g/mol. The van der Waals surface area contributed by atoms with Crippen molar-refractivity contribution < 1.29 is 14.3 Å². The number of aryl methyl sites for hydroxylation is 2. The Labute approximate surface area is 181 Å². The Bertz CT molecular complexity index is 1030. The predicted octanol–water partition coefficient (Wildman–Crippen LogP) is 2.57. The summed E-state index contributed by atoms with van der Waals surface area (Å²) in [6, 6.07) is 3.74.